The van der Waals surface area contributed by atoms with Gasteiger partial charge in [-0.25, -0.2) is 17.9 Å². The predicted molar refractivity (Wildman–Crippen MR) is 83.5 cm³/mol. The molecule has 0 heterocycles. The van der Waals surface area contributed by atoms with Gasteiger partial charge in [-0.3, -0.25) is 0 Å². The molecule has 1 aromatic rings. The lowest BCUT2D eigenvalue weighted by Crippen LogP contribution is -2.43. The molecule has 0 spiro atoms. The fourth-order valence-electron chi connectivity index (χ4n) is 1.72. The molecule has 0 saturated carbocycles. The molecule has 2 amide bonds. The normalized spacial score (nSPS) is 11.8. The maximum absolute atomic E-state index is 12.0. The molecule has 0 radical (unpaired) electrons. The fraction of sp³-hybridized carbons (Fsp3) is 0.400. The van der Waals surface area contributed by atoms with Gasteiger partial charge in [-0.15, -0.1) is 6.58 Å². The summed E-state index contributed by atoms with van der Waals surface area (Å²) >= 11 is 0. The van der Waals surface area contributed by atoms with Crippen LogP contribution in [0.3, 0.4) is 0 Å². The topological polar surface area (TPSA) is 75.3 Å². The molecule has 116 valence electrons. The van der Waals surface area contributed by atoms with Crippen molar-refractivity contribution in [1.82, 2.24) is 10.0 Å². The van der Waals surface area contributed by atoms with Gasteiger partial charge in [0.1, 0.15) is 0 Å². The zero-order valence-electron chi connectivity index (χ0n) is 12.6. The number of allylic oxidation sites excluding steroid dienone is 1. The third kappa shape index (κ3) is 5.59. The van der Waals surface area contributed by atoms with Crippen LogP contribution in [0.4, 0.5) is 4.79 Å². The average Bonchev–Trinajstić information content (AvgIpc) is 2.36. The summed E-state index contributed by atoms with van der Waals surface area (Å²) in [7, 11) is -3.84. The zero-order valence-corrected chi connectivity index (χ0v) is 13.5. The Balaban J connectivity index is 2.65. The number of aryl methyl sites for hydroxylation is 1. The number of hydrogen-bond donors (Lipinski definition) is 2. The number of nitrogens with one attached hydrogen (secondary N) is 2. The Morgan fingerprint density at radius 1 is 1.29 bits per heavy atom. The number of hydrogen-bond acceptors (Lipinski definition) is 3. The average molecular weight is 310 g/mol. The first-order valence-electron chi connectivity index (χ1n) is 6.64. The van der Waals surface area contributed by atoms with Gasteiger partial charge in [0.15, 0.2) is 0 Å². The highest BCUT2D eigenvalue weighted by Gasteiger charge is 2.20. The summed E-state index contributed by atoms with van der Waals surface area (Å²) < 4.78 is 26.0. The van der Waals surface area contributed by atoms with Crippen molar-refractivity contribution >= 4 is 16.1 Å². The lowest BCUT2D eigenvalue weighted by Gasteiger charge is -2.23. The number of sulfonamides is 1. The number of carbonyl (C=O) groups excluding carboxylic acids is 1. The molecule has 2 N–H and O–H groups in total. The predicted octanol–water partition coefficient (Wildman–Crippen LogP) is 2.59. The van der Waals surface area contributed by atoms with Gasteiger partial charge in [-0.2, -0.15) is 0 Å². The Morgan fingerprint density at radius 2 is 1.86 bits per heavy atom. The number of rotatable bonds is 6. The molecule has 1 rings (SSSR count). The van der Waals surface area contributed by atoms with Crippen molar-refractivity contribution in [2.45, 2.75) is 32.1 Å². The molecule has 0 fully saturated rings. The zero-order chi connectivity index (χ0) is 16.1. The van der Waals surface area contributed by atoms with Crippen LogP contribution in [0, 0.1) is 12.3 Å². The molecule has 0 aliphatic carbocycles. The third-order valence-corrected chi connectivity index (χ3v) is 4.33. The van der Waals surface area contributed by atoms with Gasteiger partial charge in [0.2, 0.25) is 0 Å². The summed E-state index contributed by atoms with van der Waals surface area (Å²) in [6.45, 7) is 9.79. The van der Waals surface area contributed by atoms with Gasteiger partial charge in [-0.05, 0) is 30.9 Å². The van der Waals surface area contributed by atoms with Crippen LogP contribution in [0.25, 0.3) is 0 Å². The van der Waals surface area contributed by atoms with E-state index in [4.69, 9.17) is 0 Å². The van der Waals surface area contributed by atoms with Gasteiger partial charge >= 0.3 is 6.03 Å². The highest BCUT2D eigenvalue weighted by molar-refractivity contribution is 7.90. The first-order chi connectivity index (χ1) is 9.66. The lowest BCUT2D eigenvalue weighted by atomic mass is 9.89. The molecular weight excluding hydrogens is 288 g/mol. The minimum atomic E-state index is -3.84. The van der Waals surface area contributed by atoms with E-state index in [-0.39, 0.29) is 10.3 Å². The Morgan fingerprint density at radius 3 is 2.38 bits per heavy atom. The van der Waals surface area contributed by atoms with Crippen molar-refractivity contribution < 1.29 is 13.2 Å². The van der Waals surface area contributed by atoms with Crippen molar-refractivity contribution in [2.24, 2.45) is 5.41 Å². The molecule has 1 aromatic carbocycles. The van der Waals surface area contributed by atoms with E-state index in [1.54, 1.807) is 18.2 Å². The van der Waals surface area contributed by atoms with Crippen molar-refractivity contribution in [2.75, 3.05) is 6.54 Å². The van der Waals surface area contributed by atoms with Gasteiger partial charge in [0.05, 0.1) is 4.90 Å². The summed E-state index contributed by atoms with van der Waals surface area (Å²) in [6, 6.07) is 5.56. The van der Waals surface area contributed by atoms with Crippen LogP contribution in [-0.4, -0.2) is 21.0 Å². The minimum Gasteiger partial charge on any atom is -0.337 e. The van der Waals surface area contributed by atoms with Crippen molar-refractivity contribution in [3.05, 3.63) is 42.5 Å². The number of carbonyl (C=O) groups is 1. The molecule has 0 atom stereocenters. The van der Waals surface area contributed by atoms with Gasteiger partial charge < -0.3 is 5.32 Å². The highest BCUT2D eigenvalue weighted by atomic mass is 32.2. The third-order valence-electron chi connectivity index (χ3n) is 2.98. The van der Waals surface area contributed by atoms with Crippen LogP contribution in [0.1, 0.15) is 25.8 Å². The maximum Gasteiger partial charge on any atom is 0.328 e. The Kier molecular flexibility index (Phi) is 5.54. The van der Waals surface area contributed by atoms with E-state index in [1.165, 1.54) is 12.1 Å². The summed E-state index contributed by atoms with van der Waals surface area (Å²) in [4.78, 5) is 11.8. The monoisotopic (exact) mass is 310 g/mol. The molecule has 5 nitrogen and oxygen atoms in total. The molecule has 21 heavy (non-hydrogen) atoms. The number of benzene rings is 1. The number of amides is 2. The second-order valence-electron chi connectivity index (χ2n) is 5.76. The highest BCUT2D eigenvalue weighted by Crippen LogP contribution is 2.18. The number of urea groups is 1. The quantitative estimate of drug-likeness (QED) is 0.793. The molecule has 0 aliphatic heterocycles. The Bertz CT molecular complexity index is 604. The van der Waals surface area contributed by atoms with Crippen LogP contribution in [0.2, 0.25) is 0 Å². The SMILES string of the molecule is C=CCC(C)(C)CNC(=O)NS(=O)(=O)c1ccc(C)cc1. The van der Waals surface area contributed by atoms with Crippen LogP contribution in [0.15, 0.2) is 41.8 Å². The van der Waals surface area contributed by atoms with Crippen LogP contribution < -0.4 is 10.0 Å². The van der Waals surface area contributed by atoms with E-state index in [0.29, 0.717) is 6.54 Å². The van der Waals surface area contributed by atoms with E-state index >= 15 is 0 Å². The smallest absolute Gasteiger partial charge is 0.328 e. The van der Waals surface area contributed by atoms with Gasteiger partial charge in [0.25, 0.3) is 10.0 Å². The summed E-state index contributed by atoms with van der Waals surface area (Å²) in [6.07, 6.45) is 2.49. The molecule has 0 aliphatic rings. The summed E-state index contributed by atoms with van der Waals surface area (Å²) in [5.41, 5.74) is 0.775. The van der Waals surface area contributed by atoms with Crippen molar-refractivity contribution in [3.63, 3.8) is 0 Å². The maximum atomic E-state index is 12.0. The van der Waals surface area contributed by atoms with E-state index < -0.39 is 16.1 Å². The summed E-state index contributed by atoms with van der Waals surface area (Å²) in [5.74, 6) is 0. The fourth-order valence-corrected chi connectivity index (χ4v) is 2.65. The first kappa shape index (κ1) is 17.2. The van der Waals surface area contributed by atoms with Crippen LogP contribution in [-0.2, 0) is 10.0 Å². The summed E-state index contributed by atoms with van der Waals surface area (Å²) in [5, 5.41) is 2.57. The Labute approximate surface area is 126 Å². The molecule has 0 bridgehead atoms. The van der Waals surface area contributed by atoms with E-state index in [1.807, 2.05) is 25.5 Å². The molecule has 0 saturated heterocycles. The van der Waals surface area contributed by atoms with Gasteiger partial charge in [-0.1, -0.05) is 37.6 Å². The van der Waals surface area contributed by atoms with Crippen molar-refractivity contribution in [3.8, 4) is 0 Å². The van der Waals surface area contributed by atoms with E-state index in [0.717, 1.165) is 12.0 Å². The second-order valence-corrected chi connectivity index (χ2v) is 7.44. The first-order valence-corrected chi connectivity index (χ1v) is 8.13. The lowest BCUT2D eigenvalue weighted by molar-refractivity contribution is 0.239. The van der Waals surface area contributed by atoms with Gasteiger partial charge in [0, 0.05) is 6.54 Å². The molecule has 6 heteroatoms. The molecular formula is C15H22N2O3S. The molecule has 0 unspecified atom stereocenters. The Hall–Kier alpha value is -1.82. The molecule has 0 aromatic heterocycles. The van der Waals surface area contributed by atoms with Crippen LogP contribution in [0.5, 0.6) is 0 Å². The van der Waals surface area contributed by atoms with E-state index in [2.05, 4.69) is 11.9 Å². The minimum absolute atomic E-state index is 0.0635. The van der Waals surface area contributed by atoms with Crippen molar-refractivity contribution in [1.29, 1.82) is 0 Å². The standard InChI is InChI=1S/C15H22N2O3S/c1-5-10-15(3,4)11-16-14(18)17-21(19,20)13-8-6-12(2)7-9-13/h5-9H,1,10-11H2,2-4H3,(H2,16,17,18). The van der Waals surface area contributed by atoms with E-state index in [9.17, 15) is 13.2 Å². The largest absolute Gasteiger partial charge is 0.337 e. The second kappa shape index (κ2) is 6.76. The van der Waals surface area contributed by atoms with Crippen LogP contribution >= 0.6 is 0 Å².